The van der Waals surface area contributed by atoms with E-state index >= 15 is 0 Å². The van der Waals surface area contributed by atoms with Gasteiger partial charge in [-0.3, -0.25) is 14.4 Å². The van der Waals surface area contributed by atoms with Crippen LogP contribution in [0.5, 0.6) is 0 Å². The van der Waals surface area contributed by atoms with Gasteiger partial charge in [0.25, 0.3) is 0 Å². The van der Waals surface area contributed by atoms with Gasteiger partial charge in [-0.1, -0.05) is 0 Å². The van der Waals surface area contributed by atoms with Gasteiger partial charge in [-0.05, 0) is 6.07 Å². The van der Waals surface area contributed by atoms with Gasteiger partial charge in [-0.15, -0.1) is 23.5 Å². The molecule has 0 spiro atoms. The zero-order valence-corrected chi connectivity index (χ0v) is 22.9. The van der Waals surface area contributed by atoms with E-state index in [1.807, 2.05) is 0 Å². The Morgan fingerprint density at radius 2 is 1.35 bits per heavy atom. The molecule has 2 amide bonds. The molecule has 0 bridgehead atoms. The van der Waals surface area contributed by atoms with Crippen molar-refractivity contribution in [2.75, 3.05) is 11.5 Å². The van der Waals surface area contributed by atoms with Crippen LogP contribution in [0.2, 0.25) is 0 Å². The highest BCUT2D eigenvalue weighted by Gasteiger charge is 2.28. The fourth-order valence-electron chi connectivity index (χ4n) is 3.27. The number of aliphatic carboxylic acids is 2. The number of carbonyl (C=O) groups is 5. The van der Waals surface area contributed by atoms with Crippen LogP contribution in [0.4, 0.5) is 8.78 Å². The maximum Gasteiger partial charge on any atom is 0.327 e. The van der Waals surface area contributed by atoms with Crippen LogP contribution < -0.4 is 10.6 Å². The molecule has 4 N–H and O–H groups in total. The van der Waals surface area contributed by atoms with Crippen molar-refractivity contribution in [1.29, 1.82) is 0 Å². The molecule has 17 heteroatoms. The number of carbonyl (C=O) groups excluding carboxylic acids is 3. The summed E-state index contributed by atoms with van der Waals surface area (Å²) in [5, 5.41) is 21.6. The standard InChI is InChI=1S/C23H26F2N6O7S2/c1-11(32)28-15(21(35)36)9-39-17(14-3-5-27-23(25)30-14)7-13(34)8-18(20-26-6-4-19(24)31-20)40-10-16(22(37)38)29-12(2)33/h3-6,15-18H,7-10H2,1-2H3,(H,28,32)(H,29,33)(H,35,36)(H,37,38). The number of nitrogens with one attached hydrogen (secondary N) is 2. The number of Topliss-reactive ketones (excluding diaryl/α,β-unsaturated/α-hetero) is 1. The number of carboxylic acid groups (broad SMARTS) is 2. The summed E-state index contributed by atoms with van der Waals surface area (Å²) in [6.07, 6.45) is 0.610. The molecule has 0 saturated heterocycles. The van der Waals surface area contributed by atoms with Gasteiger partial charge in [0.05, 0.1) is 16.2 Å². The van der Waals surface area contributed by atoms with Crippen molar-refractivity contribution in [2.24, 2.45) is 0 Å². The van der Waals surface area contributed by atoms with E-state index in [0.717, 1.165) is 55.8 Å². The highest BCUT2D eigenvalue weighted by Crippen LogP contribution is 2.36. The summed E-state index contributed by atoms with van der Waals surface area (Å²) in [4.78, 5) is 73.8. The Kier molecular flexibility index (Phi) is 12.8. The molecule has 2 aromatic rings. The molecule has 13 nitrogen and oxygen atoms in total. The summed E-state index contributed by atoms with van der Waals surface area (Å²) in [5.41, 5.74) is 0.0978. The minimum atomic E-state index is -1.32. The first kappa shape index (κ1) is 32.5. The third-order valence-corrected chi connectivity index (χ3v) is 7.65. The van der Waals surface area contributed by atoms with E-state index in [-0.39, 0.29) is 35.9 Å². The Balaban J connectivity index is 2.26. The molecule has 2 heterocycles. The Labute approximate surface area is 235 Å². The number of ketones is 1. The number of thioether (sulfide) groups is 2. The van der Waals surface area contributed by atoms with Crippen LogP contribution in [-0.4, -0.2) is 83.3 Å². The molecule has 2 rings (SSSR count). The van der Waals surface area contributed by atoms with Crippen molar-refractivity contribution < 1.29 is 43.0 Å². The van der Waals surface area contributed by atoms with E-state index in [1.165, 1.54) is 6.07 Å². The van der Waals surface area contributed by atoms with E-state index in [4.69, 9.17) is 0 Å². The summed E-state index contributed by atoms with van der Waals surface area (Å²) in [5.74, 6) is -5.59. The lowest BCUT2D eigenvalue weighted by Crippen LogP contribution is -2.41. The Hall–Kier alpha value is -3.73. The van der Waals surface area contributed by atoms with Crippen LogP contribution in [-0.2, 0) is 24.0 Å². The molecule has 0 saturated carbocycles. The topological polar surface area (TPSA) is 201 Å². The average molecular weight is 601 g/mol. The Morgan fingerprint density at radius 1 is 0.825 bits per heavy atom. The van der Waals surface area contributed by atoms with Gasteiger partial charge in [0, 0.05) is 56.7 Å². The van der Waals surface area contributed by atoms with Crippen molar-refractivity contribution in [3.05, 3.63) is 48.1 Å². The molecule has 0 aromatic carbocycles. The first-order chi connectivity index (χ1) is 18.8. The predicted octanol–water partition coefficient (Wildman–Crippen LogP) is 1.32. The second-order valence-corrected chi connectivity index (χ2v) is 10.7. The molecule has 0 aliphatic carbocycles. The molecule has 2 aromatic heterocycles. The van der Waals surface area contributed by atoms with Gasteiger partial charge in [-0.2, -0.15) is 8.78 Å². The van der Waals surface area contributed by atoms with Gasteiger partial charge in [-0.25, -0.2) is 29.5 Å². The maximum absolute atomic E-state index is 13.8. The van der Waals surface area contributed by atoms with E-state index < -0.39 is 64.1 Å². The van der Waals surface area contributed by atoms with Crippen molar-refractivity contribution in [2.45, 2.75) is 49.3 Å². The zero-order valence-electron chi connectivity index (χ0n) is 21.2. The van der Waals surface area contributed by atoms with E-state index in [2.05, 4.69) is 30.6 Å². The van der Waals surface area contributed by atoms with Crippen molar-refractivity contribution in [3.63, 3.8) is 0 Å². The number of hydrogen-bond donors (Lipinski definition) is 4. The molecule has 0 radical (unpaired) electrons. The molecule has 4 unspecified atom stereocenters. The Bertz CT molecular complexity index is 1150. The van der Waals surface area contributed by atoms with Crippen LogP contribution in [0.25, 0.3) is 0 Å². The number of nitrogens with zero attached hydrogens (tertiary/aromatic N) is 4. The molecule has 0 fully saturated rings. The zero-order chi connectivity index (χ0) is 29.8. The molecule has 40 heavy (non-hydrogen) atoms. The lowest BCUT2D eigenvalue weighted by atomic mass is 10.1. The van der Waals surface area contributed by atoms with Crippen molar-refractivity contribution >= 4 is 53.1 Å². The van der Waals surface area contributed by atoms with Crippen molar-refractivity contribution in [1.82, 2.24) is 30.6 Å². The minimum absolute atomic E-state index is 0.0841. The normalized spacial score (nSPS) is 13.9. The fourth-order valence-corrected chi connectivity index (χ4v) is 5.74. The summed E-state index contributed by atoms with van der Waals surface area (Å²) in [7, 11) is 0. The molecule has 4 atom stereocenters. The Morgan fingerprint density at radius 3 is 1.85 bits per heavy atom. The molecule has 0 aliphatic heterocycles. The van der Waals surface area contributed by atoms with Gasteiger partial charge in [0.15, 0.2) is 0 Å². The van der Waals surface area contributed by atoms with Crippen molar-refractivity contribution in [3.8, 4) is 0 Å². The van der Waals surface area contributed by atoms with E-state index in [0.29, 0.717) is 0 Å². The smallest absolute Gasteiger partial charge is 0.327 e. The van der Waals surface area contributed by atoms with Gasteiger partial charge in [0.2, 0.25) is 17.8 Å². The third-order valence-electron chi connectivity index (χ3n) is 5.01. The quantitative estimate of drug-likeness (QED) is 0.159. The maximum atomic E-state index is 13.8. The van der Waals surface area contributed by atoms with Gasteiger partial charge >= 0.3 is 18.0 Å². The fraction of sp³-hybridized carbons (Fsp3) is 0.435. The van der Waals surface area contributed by atoms with Crippen LogP contribution in [0, 0.1) is 12.0 Å². The number of halogens is 2. The number of amides is 2. The summed E-state index contributed by atoms with van der Waals surface area (Å²) in [6.45, 7) is 2.29. The monoisotopic (exact) mass is 600 g/mol. The number of rotatable bonds is 16. The SMILES string of the molecule is CC(=O)NC(CSC(CC(=O)CC(SCC(NC(C)=O)C(=O)O)c1nccc(F)n1)c1ccnc(F)n1)C(=O)O. The van der Waals surface area contributed by atoms with Crippen LogP contribution >= 0.6 is 23.5 Å². The van der Waals surface area contributed by atoms with Crippen LogP contribution in [0.1, 0.15) is 48.7 Å². The second kappa shape index (κ2) is 15.8. The van der Waals surface area contributed by atoms with E-state index in [9.17, 15) is 43.0 Å². The largest absolute Gasteiger partial charge is 0.480 e. The average Bonchev–Trinajstić information content (AvgIpc) is 2.86. The first-order valence-corrected chi connectivity index (χ1v) is 13.7. The number of aromatic nitrogens is 4. The lowest BCUT2D eigenvalue weighted by molar-refractivity contribution is -0.141. The lowest BCUT2D eigenvalue weighted by Gasteiger charge is -2.21. The highest BCUT2D eigenvalue weighted by molar-refractivity contribution is 7.99. The molecular formula is C23H26F2N6O7S2. The summed E-state index contributed by atoms with van der Waals surface area (Å²) in [6, 6.07) is -0.246. The van der Waals surface area contributed by atoms with Gasteiger partial charge in [0.1, 0.15) is 23.7 Å². The minimum Gasteiger partial charge on any atom is -0.480 e. The third kappa shape index (κ3) is 11.2. The molecule has 0 aliphatic rings. The number of carboxylic acids is 2. The molecule has 216 valence electrons. The molecular weight excluding hydrogens is 574 g/mol. The van der Waals surface area contributed by atoms with Gasteiger partial charge < -0.3 is 20.8 Å². The first-order valence-electron chi connectivity index (χ1n) is 11.6. The number of hydrogen-bond acceptors (Lipinski definition) is 11. The van der Waals surface area contributed by atoms with Crippen LogP contribution in [0.3, 0.4) is 0 Å². The predicted molar refractivity (Wildman–Crippen MR) is 139 cm³/mol. The van der Waals surface area contributed by atoms with E-state index in [1.54, 1.807) is 0 Å². The second-order valence-electron chi connectivity index (χ2n) is 8.26. The van der Waals surface area contributed by atoms with Crippen LogP contribution in [0.15, 0.2) is 24.5 Å². The summed E-state index contributed by atoms with van der Waals surface area (Å²) < 4.78 is 27.6. The highest BCUT2D eigenvalue weighted by atomic mass is 32.2. The summed E-state index contributed by atoms with van der Waals surface area (Å²) >= 11 is 1.87.